The lowest BCUT2D eigenvalue weighted by Gasteiger charge is -2.17. The second kappa shape index (κ2) is 6.23. The number of nitrogens with one attached hydrogen (secondary N) is 1. The van der Waals surface area contributed by atoms with E-state index < -0.39 is 0 Å². The van der Waals surface area contributed by atoms with Gasteiger partial charge in [-0.2, -0.15) is 0 Å². The van der Waals surface area contributed by atoms with Crippen molar-refractivity contribution in [1.29, 1.82) is 0 Å². The fourth-order valence-corrected chi connectivity index (χ4v) is 2.13. The molecule has 0 aliphatic rings. The van der Waals surface area contributed by atoms with E-state index in [1.165, 1.54) is 12.1 Å². The van der Waals surface area contributed by atoms with Gasteiger partial charge < -0.3 is 0 Å². The number of nitrogens with two attached hydrogens (primary N) is 1. The summed E-state index contributed by atoms with van der Waals surface area (Å²) in [6.07, 6.45) is 0.351. The topological polar surface area (TPSA) is 38.0 Å². The average Bonchev–Trinajstić information content (AvgIpc) is 2.41. The minimum Gasteiger partial charge on any atom is -0.271 e. The van der Waals surface area contributed by atoms with E-state index in [1.54, 1.807) is 30.3 Å². The quantitative estimate of drug-likeness (QED) is 0.667. The van der Waals surface area contributed by atoms with Crippen LogP contribution in [0.1, 0.15) is 17.2 Å². The Hall–Kier alpha value is -1.30. The van der Waals surface area contributed by atoms with Crippen LogP contribution in [-0.2, 0) is 6.42 Å². The Morgan fingerprint density at radius 3 is 2.47 bits per heavy atom. The first-order chi connectivity index (χ1) is 9.11. The van der Waals surface area contributed by atoms with E-state index in [-0.39, 0.29) is 17.7 Å². The van der Waals surface area contributed by atoms with E-state index in [4.69, 9.17) is 5.84 Å². The Balaban J connectivity index is 2.25. The van der Waals surface area contributed by atoms with Crippen molar-refractivity contribution in [2.24, 2.45) is 5.84 Å². The van der Waals surface area contributed by atoms with E-state index in [2.05, 4.69) is 21.4 Å². The predicted octanol–water partition coefficient (Wildman–Crippen LogP) is 3.47. The fourth-order valence-electron chi connectivity index (χ4n) is 1.89. The van der Waals surface area contributed by atoms with Crippen LogP contribution < -0.4 is 11.3 Å². The van der Waals surface area contributed by atoms with E-state index in [1.807, 2.05) is 0 Å². The van der Waals surface area contributed by atoms with Crippen molar-refractivity contribution >= 4 is 15.9 Å². The highest BCUT2D eigenvalue weighted by molar-refractivity contribution is 9.10. The van der Waals surface area contributed by atoms with Gasteiger partial charge in [-0.05, 0) is 51.7 Å². The van der Waals surface area contributed by atoms with Gasteiger partial charge in [0, 0.05) is 0 Å². The minimum atomic E-state index is -0.369. The molecule has 2 aromatic carbocycles. The molecule has 0 saturated carbocycles. The Labute approximate surface area is 118 Å². The molecule has 1 atom stereocenters. The number of halogens is 3. The second-order valence-electron chi connectivity index (χ2n) is 4.19. The molecule has 0 saturated heterocycles. The van der Waals surface area contributed by atoms with Crippen molar-refractivity contribution in [3.05, 3.63) is 69.7 Å². The zero-order valence-corrected chi connectivity index (χ0v) is 11.6. The van der Waals surface area contributed by atoms with Crippen LogP contribution in [-0.4, -0.2) is 0 Å². The molecule has 0 bridgehead atoms. The Morgan fingerprint density at radius 1 is 1.11 bits per heavy atom. The van der Waals surface area contributed by atoms with Gasteiger partial charge in [0.25, 0.3) is 0 Å². The van der Waals surface area contributed by atoms with Gasteiger partial charge in [0.2, 0.25) is 0 Å². The molecule has 1 unspecified atom stereocenters. The summed E-state index contributed by atoms with van der Waals surface area (Å²) in [5.74, 6) is 4.82. The Bertz CT molecular complexity index is 575. The van der Waals surface area contributed by atoms with Crippen molar-refractivity contribution in [3.8, 4) is 0 Å². The Kier molecular flexibility index (Phi) is 4.63. The zero-order chi connectivity index (χ0) is 13.8. The first kappa shape index (κ1) is 14.1. The maximum atomic E-state index is 13.6. The highest BCUT2D eigenvalue weighted by Gasteiger charge is 2.14. The summed E-state index contributed by atoms with van der Waals surface area (Å²) in [6, 6.07) is 10.9. The lowest BCUT2D eigenvalue weighted by Crippen LogP contribution is -2.29. The normalized spacial score (nSPS) is 12.4. The summed E-state index contributed by atoms with van der Waals surface area (Å²) in [7, 11) is 0. The van der Waals surface area contributed by atoms with Gasteiger partial charge in [0.1, 0.15) is 11.6 Å². The third-order valence-electron chi connectivity index (χ3n) is 2.93. The lowest BCUT2D eigenvalue weighted by atomic mass is 9.99. The third-order valence-corrected chi connectivity index (χ3v) is 3.57. The van der Waals surface area contributed by atoms with E-state index in [0.29, 0.717) is 22.0 Å². The summed E-state index contributed by atoms with van der Waals surface area (Å²) in [4.78, 5) is 0. The van der Waals surface area contributed by atoms with Crippen molar-refractivity contribution in [2.75, 3.05) is 0 Å². The maximum Gasteiger partial charge on any atom is 0.137 e. The molecule has 19 heavy (non-hydrogen) atoms. The van der Waals surface area contributed by atoms with Gasteiger partial charge >= 0.3 is 0 Å². The van der Waals surface area contributed by atoms with Crippen LogP contribution >= 0.6 is 15.9 Å². The standard InChI is InChI=1S/C14H13BrF2N2/c15-11-6-5-10(7-13(11)17)14(19-18)8-9-3-1-2-4-12(9)16/h1-7,14,19H,8,18H2. The molecule has 0 amide bonds. The van der Waals surface area contributed by atoms with Crippen molar-refractivity contribution in [1.82, 2.24) is 5.43 Å². The molecule has 5 heteroatoms. The van der Waals surface area contributed by atoms with Crippen LogP contribution in [0.15, 0.2) is 46.9 Å². The monoisotopic (exact) mass is 326 g/mol. The molecule has 0 fully saturated rings. The number of hydrazine groups is 1. The lowest BCUT2D eigenvalue weighted by molar-refractivity contribution is 0.524. The highest BCUT2D eigenvalue weighted by Crippen LogP contribution is 2.23. The molecular weight excluding hydrogens is 314 g/mol. The number of benzene rings is 2. The van der Waals surface area contributed by atoms with Gasteiger partial charge in [0.05, 0.1) is 10.5 Å². The largest absolute Gasteiger partial charge is 0.271 e. The van der Waals surface area contributed by atoms with Gasteiger partial charge in [-0.25, -0.2) is 8.78 Å². The summed E-state index contributed by atoms with van der Waals surface area (Å²) >= 11 is 3.09. The predicted molar refractivity (Wildman–Crippen MR) is 74.3 cm³/mol. The van der Waals surface area contributed by atoms with E-state index in [0.717, 1.165) is 0 Å². The van der Waals surface area contributed by atoms with Crippen molar-refractivity contribution in [2.45, 2.75) is 12.5 Å². The number of hydrogen-bond acceptors (Lipinski definition) is 2. The first-order valence-electron chi connectivity index (χ1n) is 5.76. The fraction of sp³-hybridized carbons (Fsp3) is 0.143. The highest BCUT2D eigenvalue weighted by atomic mass is 79.9. The molecule has 0 heterocycles. The molecule has 2 nitrogen and oxygen atoms in total. The molecule has 0 radical (unpaired) electrons. The third kappa shape index (κ3) is 3.37. The average molecular weight is 327 g/mol. The first-order valence-corrected chi connectivity index (χ1v) is 6.55. The van der Waals surface area contributed by atoms with E-state index in [9.17, 15) is 8.78 Å². The van der Waals surface area contributed by atoms with Crippen molar-refractivity contribution < 1.29 is 8.78 Å². The molecule has 0 spiro atoms. The molecule has 3 N–H and O–H groups in total. The molecule has 2 aromatic rings. The van der Waals surface area contributed by atoms with E-state index >= 15 is 0 Å². The van der Waals surface area contributed by atoms with Crippen LogP contribution in [0.25, 0.3) is 0 Å². The smallest absolute Gasteiger partial charge is 0.137 e. The maximum absolute atomic E-state index is 13.6. The molecule has 2 rings (SSSR count). The molecule has 0 aliphatic carbocycles. The molecular formula is C14H13BrF2N2. The Morgan fingerprint density at radius 2 is 1.84 bits per heavy atom. The van der Waals surface area contributed by atoms with Gasteiger partial charge in [-0.1, -0.05) is 24.3 Å². The summed E-state index contributed by atoms with van der Waals surface area (Å²) in [5.41, 5.74) is 3.80. The number of hydrogen-bond donors (Lipinski definition) is 2. The van der Waals surface area contributed by atoms with Crippen LogP contribution in [0.2, 0.25) is 0 Å². The number of rotatable bonds is 4. The van der Waals surface area contributed by atoms with Gasteiger partial charge in [-0.15, -0.1) is 0 Å². The molecule has 100 valence electrons. The van der Waals surface area contributed by atoms with Crippen LogP contribution in [0.3, 0.4) is 0 Å². The minimum absolute atomic E-state index is 0.291. The second-order valence-corrected chi connectivity index (χ2v) is 5.04. The van der Waals surface area contributed by atoms with Crippen LogP contribution in [0, 0.1) is 11.6 Å². The summed E-state index contributed by atoms with van der Waals surface area (Å²) < 4.78 is 27.5. The van der Waals surface area contributed by atoms with Crippen molar-refractivity contribution in [3.63, 3.8) is 0 Å². The zero-order valence-electron chi connectivity index (χ0n) is 10.0. The van der Waals surface area contributed by atoms with Gasteiger partial charge in [0.15, 0.2) is 0 Å². The van der Waals surface area contributed by atoms with Crippen LogP contribution in [0.4, 0.5) is 8.78 Å². The summed E-state index contributed by atoms with van der Waals surface area (Å²) in [6.45, 7) is 0. The SMILES string of the molecule is NNC(Cc1ccccc1F)c1ccc(Br)c(F)c1. The summed E-state index contributed by atoms with van der Waals surface area (Å²) in [5, 5.41) is 0. The molecule has 0 aliphatic heterocycles. The molecule has 0 aromatic heterocycles. The van der Waals surface area contributed by atoms with Gasteiger partial charge in [-0.3, -0.25) is 11.3 Å². The van der Waals surface area contributed by atoms with Crippen LogP contribution in [0.5, 0.6) is 0 Å².